The van der Waals surface area contributed by atoms with Crippen LogP contribution >= 0.6 is 0 Å². The number of carbonyl (C=O) groups is 2. The lowest BCUT2D eigenvalue weighted by molar-refractivity contribution is -0.194. The molecule has 0 unspecified atom stereocenters. The summed E-state index contributed by atoms with van der Waals surface area (Å²) in [6.45, 7) is -1.07. The first kappa shape index (κ1) is 40.7. The van der Waals surface area contributed by atoms with Gasteiger partial charge in [-0.1, -0.05) is 104 Å². The highest BCUT2D eigenvalue weighted by Gasteiger charge is 2.61. The van der Waals surface area contributed by atoms with Crippen molar-refractivity contribution in [3.05, 3.63) is 166 Å². The Morgan fingerprint density at radius 1 is 0.672 bits per heavy atom. The van der Waals surface area contributed by atoms with Crippen LogP contribution in [0, 0.1) is 29.1 Å². The zero-order chi connectivity index (χ0) is 41.0. The third kappa shape index (κ3) is 8.13. The summed E-state index contributed by atoms with van der Waals surface area (Å²) in [4.78, 5) is 27.2. The molecule has 8 nitrogen and oxygen atoms in total. The van der Waals surface area contributed by atoms with Crippen LogP contribution in [0.15, 0.2) is 114 Å². The van der Waals surface area contributed by atoms with E-state index in [9.17, 15) is 26.4 Å². The number of halogens is 5. The molecule has 1 saturated carbocycles. The number of benzene rings is 5. The summed E-state index contributed by atoms with van der Waals surface area (Å²) in [6.07, 6.45) is 5.20. The van der Waals surface area contributed by atoms with Gasteiger partial charge in [0.25, 0.3) is 15.9 Å². The van der Waals surface area contributed by atoms with Gasteiger partial charge < -0.3 is 14.4 Å². The minimum absolute atomic E-state index is 0.0114. The largest absolute Gasteiger partial charge is 0.457 e. The maximum atomic E-state index is 15.2. The molecule has 1 saturated heterocycles. The Balaban J connectivity index is 1.27. The summed E-state index contributed by atoms with van der Waals surface area (Å²) in [5.41, 5.74) is 0.864. The van der Waals surface area contributed by atoms with E-state index in [4.69, 9.17) is 9.47 Å². The molecule has 302 valence electrons. The van der Waals surface area contributed by atoms with Crippen molar-refractivity contribution in [1.82, 2.24) is 4.31 Å². The van der Waals surface area contributed by atoms with Gasteiger partial charge in [0.15, 0.2) is 28.2 Å². The van der Waals surface area contributed by atoms with Crippen molar-refractivity contribution in [2.75, 3.05) is 11.4 Å². The Hall–Kier alpha value is -5.44. The first-order chi connectivity index (χ1) is 27.9. The number of hydrogen-bond acceptors (Lipinski definition) is 6. The normalized spacial score (nSPS) is 17.4. The molecule has 1 aliphatic heterocycles. The van der Waals surface area contributed by atoms with Crippen molar-refractivity contribution in [2.24, 2.45) is 0 Å². The van der Waals surface area contributed by atoms with E-state index in [0.717, 1.165) is 36.8 Å². The maximum Gasteiger partial charge on any atom is 0.338 e. The first-order valence-corrected chi connectivity index (χ1v) is 20.3. The second-order valence-corrected chi connectivity index (χ2v) is 16.2. The summed E-state index contributed by atoms with van der Waals surface area (Å²) in [5, 5.41) is 0. The predicted molar refractivity (Wildman–Crippen MR) is 204 cm³/mol. The summed E-state index contributed by atoms with van der Waals surface area (Å²) in [7, 11) is -5.63. The second kappa shape index (κ2) is 17.2. The van der Waals surface area contributed by atoms with Gasteiger partial charge in [-0.25, -0.2) is 35.2 Å². The Morgan fingerprint density at radius 3 is 1.78 bits per heavy atom. The molecule has 2 fully saturated rings. The number of esters is 1. The van der Waals surface area contributed by atoms with Crippen molar-refractivity contribution in [1.29, 1.82) is 0 Å². The number of anilines is 1. The van der Waals surface area contributed by atoms with Crippen LogP contribution in [0.3, 0.4) is 0 Å². The third-order valence-electron chi connectivity index (χ3n) is 10.7. The van der Waals surface area contributed by atoms with Crippen molar-refractivity contribution < 1.29 is 49.4 Å². The zero-order valence-corrected chi connectivity index (χ0v) is 32.0. The number of nitrogens with zero attached hydrogens (tertiary/aromatic N) is 2. The number of amides is 1. The molecule has 1 heterocycles. The molecule has 2 aliphatic rings. The summed E-state index contributed by atoms with van der Waals surface area (Å²) in [5.74, 6) is -13.9. The number of ether oxygens (including phenoxy) is 2. The molecule has 1 aliphatic carbocycles. The Labute approximate surface area is 332 Å². The minimum Gasteiger partial charge on any atom is -0.457 e. The van der Waals surface area contributed by atoms with Crippen LogP contribution in [-0.2, 0) is 44.1 Å². The van der Waals surface area contributed by atoms with E-state index in [1.54, 1.807) is 54.6 Å². The van der Waals surface area contributed by atoms with Gasteiger partial charge in [-0.2, -0.15) is 4.31 Å². The summed E-state index contributed by atoms with van der Waals surface area (Å²) in [6, 6.07) is 30.8. The van der Waals surface area contributed by atoms with Gasteiger partial charge in [0.1, 0.15) is 6.61 Å². The van der Waals surface area contributed by atoms with Gasteiger partial charge in [0.2, 0.25) is 11.5 Å². The lowest BCUT2D eigenvalue weighted by Gasteiger charge is -2.50. The van der Waals surface area contributed by atoms with Crippen LogP contribution in [-0.4, -0.2) is 36.9 Å². The smallest absolute Gasteiger partial charge is 0.338 e. The molecule has 0 radical (unpaired) electrons. The van der Waals surface area contributed by atoms with E-state index in [1.165, 1.54) is 35.6 Å². The molecule has 7 rings (SSSR count). The number of sulfonamides is 1. The van der Waals surface area contributed by atoms with E-state index in [0.29, 0.717) is 21.4 Å². The van der Waals surface area contributed by atoms with E-state index in [2.05, 4.69) is 0 Å². The van der Waals surface area contributed by atoms with Gasteiger partial charge in [-0.3, -0.25) is 4.79 Å². The lowest BCUT2D eigenvalue weighted by atomic mass is 9.84. The monoisotopic (exact) mass is 818 g/mol. The van der Waals surface area contributed by atoms with Crippen LogP contribution in [0.5, 0.6) is 0 Å². The van der Waals surface area contributed by atoms with E-state index in [-0.39, 0.29) is 37.4 Å². The van der Waals surface area contributed by atoms with Crippen molar-refractivity contribution in [3.63, 3.8) is 0 Å². The highest BCUT2D eigenvalue weighted by atomic mass is 32.2. The van der Waals surface area contributed by atoms with Gasteiger partial charge in [-0.15, -0.1) is 0 Å². The zero-order valence-electron chi connectivity index (χ0n) is 31.2. The predicted octanol–water partition coefficient (Wildman–Crippen LogP) is 9.33. The van der Waals surface area contributed by atoms with E-state index >= 15 is 13.6 Å². The fraction of sp³-hybridized carbons (Fsp3) is 0.273. The number of rotatable bonds is 13. The van der Waals surface area contributed by atoms with Crippen molar-refractivity contribution in [3.8, 4) is 0 Å². The number of hydrogen-bond donors (Lipinski definition) is 0. The molecule has 0 aromatic heterocycles. The average molecular weight is 819 g/mol. The molecule has 5 aromatic carbocycles. The van der Waals surface area contributed by atoms with Crippen LogP contribution < -0.4 is 4.90 Å². The molecule has 0 bridgehead atoms. The first-order valence-electron chi connectivity index (χ1n) is 18.8. The molecular formula is C44H39F5N2O6S. The summed E-state index contributed by atoms with van der Waals surface area (Å²) >= 11 is 0. The van der Waals surface area contributed by atoms with Crippen LogP contribution in [0.2, 0.25) is 0 Å². The van der Waals surface area contributed by atoms with Crippen LogP contribution in [0.4, 0.5) is 27.6 Å². The maximum absolute atomic E-state index is 15.2. The van der Waals surface area contributed by atoms with Gasteiger partial charge in [0.05, 0.1) is 18.7 Å². The Kier molecular flexibility index (Phi) is 12.1. The standard InChI is InChI=1S/C44H39F5N2O6S/c45-36-37(46)39(48)41(40(49)38(36)47)58(54,55)51-25-24-44(51,57-28-31-12-6-2-7-13-31)43(53)50(26-29-16-18-33(19-17-29)32-14-8-3-9-15-32)35-22-20-34(21-23-35)42(52)56-27-30-10-4-1-5-11-30/h1-2,4-7,10-13,16-23,32H,3,8-9,14-15,24-28H2/t44-/m1/s1. The molecule has 5 aromatic rings. The summed E-state index contributed by atoms with van der Waals surface area (Å²) < 4.78 is 113. The molecule has 14 heteroatoms. The van der Waals surface area contributed by atoms with Crippen molar-refractivity contribution in [2.45, 2.75) is 74.8 Å². The molecule has 0 N–H and O–H groups in total. The quantitative estimate of drug-likeness (QED) is 0.0509. The molecule has 1 atom stereocenters. The lowest BCUT2D eigenvalue weighted by Crippen LogP contribution is -2.70. The number of carbonyl (C=O) groups excluding carboxylic acids is 2. The molecule has 1 amide bonds. The van der Waals surface area contributed by atoms with Crippen LogP contribution in [0.25, 0.3) is 0 Å². The van der Waals surface area contributed by atoms with Crippen LogP contribution in [0.1, 0.15) is 77.1 Å². The fourth-order valence-corrected chi connectivity index (χ4v) is 9.22. The highest BCUT2D eigenvalue weighted by molar-refractivity contribution is 7.89. The fourth-order valence-electron chi connectivity index (χ4n) is 7.43. The molecule has 58 heavy (non-hydrogen) atoms. The SMILES string of the molecule is O=C(OCc1ccccc1)c1ccc(N(Cc2ccc(C3CCCCC3)cc2)C(=O)[C@]2(OCc3ccccc3)CCN2S(=O)(=O)c2c(F)c(F)c(F)c(F)c2F)cc1. The van der Waals surface area contributed by atoms with E-state index in [1.807, 2.05) is 30.3 Å². The van der Waals surface area contributed by atoms with Crippen molar-refractivity contribution >= 4 is 27.6 Å². The third-order valence-corrected chi connectivity index (χ3v) is 12.6. The van der Waals surface area contributed by atoms with Gasteiger partial charge >= 0.3 is 5.97 Å². The van der Waals surface area contributed by atoms with Gasteiger partial charge in [-0.05, 0) is 65.3 Å². The average Bonchev–Trinajstić information content (AvgIpc) is 3.24. The topological polar surface area (TPSA) is 93.2 Å². The Morgan fingerprint density at radius 2 is 1.22 bits per heavy atom. The molecule has 0 spiro atoms. The second-order valence-electron chi connectivity index (χ2n) is 14.4. The Bertz CT molecular complexity index is 2350. The minimum atomic E-state index is -5.63. The van der Waals surface area contributed by atoms with E-state index < -0.39 is 68.2 Å². The molecular weight excluding hydrogens is 780 g/mol. The highest BCUT2D eigenvalue weighted by Crippen LogP contribution is 2.43. The van der Waals surface area contributed by atoms with Gasteiger partial charge in [0, 0.05) is 18.7 Å².